The van der Waals surface area contributed by atoms with Crippen LogP contribution >= 0.6 is 15.9 Å². The van der Waals surface area contributed by atoms with E-state index in [0.29, 0.717) is 4.83 Å². The van der Waals surface area contributed by atoms with Gasteiger partial charge in [-0.2, -0.15) is 0 Å². The number of rotatable bonds is 4. The lowest BCUT2D eigenvalue weighted by Crippen LogP contribution is -2.38. The lowest BCUT2D eigenvalue weighted by molar-refractivity contribution is 0.214. The van der Waals surface area contributed by atoms with Crippen LogP contribution in [-0.4, -0.2) is 4.83 Å². The van der Waals surface area contributed by atoms with Crippen molar-refractivity contribution < 1.29 is 0 Å². The summed E-state index contributed by atoms with van der Waals surface area (Å²) < 4.78 is 0. The van der Waals surface area contributed by atoms with Gasteiger partial charge in [0, 0.05) is 4.83 Å². The predicted octanol–water partition coefficient (Wildman–Crippen LogP) is 6.36. The molecule has 0 aromatic heterocycles. The van der Waals surface area contributed by atoms with Crippen LogP contribution in [0.1, 0.15) is 65.0 Å². The Morgan fingerprint density at radius 2 is 1.95 bits per heavy atom. The summed E-state index contributed by atoms with van der Waals surface area (Å²) in [4.78, 5) is 0.657. The lowest BCUT2D eigenvalue weighted by Gasteiger charge is -2.42. The molecule has 2 rings (SSSR count). The van der Waals surface area contributed by atoms with Gasteiger partial charge in [0.05, 0.1) is 0 Å². The van der Waals surface area contributed by atoms with Crippen molar-refractivity contribution in [2.24, 2.45) is 17.8 Å². The second-order valence-corrected chi connectivity index (χ2v) is 9.24. The first-order valence-corrected chi connectivity index (χ1v) is 9.45. The van der Waals surface area contributed by atoms with Gasteiger partial charge in [-0.1, -0.05) is 81.2 Å². The summed E-state index contributed by atoms with van der Waals surface area (Å²) in [5, 5.41) is 0. The monoisotopic (exact) mass is 350 g/mol. The van der Waals surface area contributed by atoms with Crippen LogP contribution in [0.4, 0.5) is 0 Å². The molecule has 0 radical (unpaired) electrons. The third-order valence-corrected chi connectivity index (χ3v) is 6.29. The average molecular weight is 351 g/mol. The van der Waals surface area contributed by atoms with Crippen LogP contribution in [-0.2, 0) is 11.8 Å². The van der Waals surface area contributed by atoms with E-state index in [1.807, 2.05) is 0 Å². The molecule has 3 atom stereocenters. The van der Waals surface area contributed by atoms with Crippen LogP contribution in [0.15, 0.2) is 24.3 Å². The molecule has 1 aromatic rings. The maximum absolute atomic E-state index is 3.99. The van der Waals surface area contributed by atoms with Crippen molar-refractivity contribution in [3.05, 3.63) is 35.4 Å². The summed E-state index contributed by atoms with van der Waals surface area (Å²) in [6.07, 6.45) is 5.23. The van der Waals surface area contributed by atoms with E-state index in [1.165, 1.54) is 36.8 Å². The predicted molar refractivity (Wildman–Crippen MR) is 97.2 cm³/mol. The number of hydrogen-bond donors (Lipinski definition) is 0. The molecule has 0 spiro atoms. The highest BCUT2D eigenvalue weighted by Gasteiger charge is 2.38. The molecule has 0 aliphatic heterocycles. The van der Waals surface area contributed by atoms with Gasteiger partial charge < -0.3 is 0 Å². The van der Waals surface area contributed by atoms with Crippen LogP contribution in [0.5, 0.6) is 0 Å². The molecule has 1 heteroatoms. The maximum atomic E-state index is 3.99. The van der Waals surface area contributed by atoms with E-state index in [1.54, 1.807) is 0 Å². The van der Waals surface area contributed by atoms with E-state index in [0.717, 1.165) is 17.8 Å². The first-order chi connectivity index (χ1) is 9.80. The molecule has 1 aromatic carbocycles. The zero-order valence-electron chi connectivity index (χ0n) is 14.3. The fourth-order valence-corrected chi connectivity index (χ4v) is 5.47. The maximum Gasteiger partial charge on any atom is 0.0184 e. The Hall–Kier alpha value is -0.300. The zero-order valence-corrected chi connectivity index (χ0v) is 15.9. The molecule has 118 valence electrons. The van der Waals surface area contributed by atoms with Gasteiger partial charge in [-0.05, 0) is 53.6 Å². The van der Waals surface area contributed by atoms with Crippen molar-refractivity contribution >= 4 is 15.9 Å². The Morgan fingerprint density at radius 1 is 1.24 bits per heavy atom. The van der Waals surface area contributed by atoms with Gasteiger partial charge in [0.25, 0.3) is 0 Å². The minimum atomic E-state index is 0.251. The van der Waals surface area contributed by atoms with Crippen molar-refractivity contribution in [3.8, 4) is 0 Å². The van der Waals surface area contributed by atoms with Gasteiger partial charge in [-0.25, -0.2) is 0 Å². The summed E-state index contributed by atoms with van der Waals surface area (Å²) in [6.45, 7) is 11.9. The lowest BCUT2D eigenvalue weighted by atomic mass is 9.65. The van der Waals surface area contributed by atoms with Gasteiger partial charge in [-0.15, -0.1) is 0 Å². The second kappa shape index (κ2) is 6.86. The normalized spacial score (nSPS) is 27.1. The largest absolute Gasteiger partial charge is 0.0887 e. The van der Waals surface area contributed by atoms with E-state index in [9.17, 15) is 0 Å². The van der Waals surface area contributed by atoms with Crippen LogP contribution in [0.2, 0.25) is 0 Å². The minimum absolute atomic E-state index is 0.251. The van der Waals surface area contributed by atoms with Gasteiger partial charge in [0.2, 0.25) is 0 Å². The van der Waals surface area contributed by atoms with Gasteiger partial charge in [0.1, 0.15) is 0 Å². The van der Waals surface area contributed by atoms with Crippen LogP contribution in [0.3, 0.4) is 0 Å². The Morgan fingerprint density at radius 3 is 2.57 bits per heavy atom. The van der Waals surface area contributed by atoms with E-state index < -0.39 is 0 Å². The van der Waals surface area contributed by atoms with E-state index >= 15 is 0 Å². The number of hydrogen-bond acceptors (Lipinski definition) is 0. The Bertz CT molecular complexity index is 461. The summed E-state index contributed by atoms with van der Waals surface area (Å²) >= 11 is 3.99. The molecular weight excluding hydrogens is 320 g/mol. The molecule has 1 aliphatic rings. The standard InChI is InChI=1S/C20H31Br/c1-14(2)11-16-7-6-8-17(13-16)20(4,5)18-10-9-15(3)12-19(18)21/h6-8,13-15,18-19H,9-12H2,1-5H3. The van der Waals surface area contributed by atoms with Crippen LogP contribution in [0, 0.1) is 17.8 Å². The molecule has 1 fully saturated rings. The molecule has 1 saturated carbocycles. The topological polar surface area (TPSA) is 0 Å². The van der Waals surface area contributed by atoms with Crippen LogP contribution in [0.25, 0.3) is 0 Å². The third-order valence-electron chi connectivity index (χ3n) is 5.28. The first kappa shape index (κ1) is 17.1. The molecule has 0 heterocycles. The van der Waals surface area contributed by atoms with E-state index in [-0.39, 0.29) is 5.41 Å². The molecular formula is C20H31Br. The Labute approximate surface area is 139 Å². The zero-order chi connectivity index (χ0) is 15.6. The molecule has 3 unspecified atom stereocenters. The SMILES string of the molecule is CC(C)Cc1cccc(C(C)(C)C2CCC(C)CC2Br)c1. The van der Waals surface area contributed by atoms with Gasteiger partial charge in [-0.3, -0.25) is 0 Å². The minimum Gasteiger partial charge on any atom is -0.0887 e. The number of benzene rings is 1. The highest BCUT2D eigenvalue weighted by atomic mass is 79.9. The Kier molecular flexibility index (Phi) is 5.57. The van der Waals surface area contributed by atoms with E-state index in [2.05, 4.69) is 74.8 Å². The molecule has 0 amide bonds. The molecule has 21 heavy (non-hydrogen) atoms. The highest BCUT2D eigenvalue weighted by molar-refractivity contribution is 9.09. The van der Waals surface area contributed by atoms with Crippen molar-refractivity contribution in [2.75, 3.05) is 0 Å². The quantitative estimate of drug-likeness (QED) is 0.554. The van der Waals surface area contributed by atoms with Crippen molar-refractivity contribution in [3.63, 3.8) is 0 Å². The third kappa shape index (κ3) is 4.12. The summed E-state index contributed by atoms with van der Waals surface area (Å²) in [5.41, 5.74) is 3.26. The van der Waals surface area contributed by atoms with Gasteiger partial charge >= 0.3 is 0 Å². The van der Waals surface area contributed by atoms with E-state index in [4.69, 9.17) is 0 Å². The average Bonchev–Trinajstić information content (AvgIpc) is 2.37. The Balaban J connectivity index is 2.22. The van der Waals surface area contributed by atoms with Crippen molar-refractivity contribution in [2.45, 2.75) is 70.5 Å². The fraction of sp³-hybridized carbons (Fsp3) is 0.700. The number of alkyl halides is 1. The highest BCUT2D eigenvalue weighted by Crippen LogP contribution is 2.45. The molecule has 0 N–H and O–H groups in total. The molecule has 0 saturated heterocycles. The summed E-state index contributed by atoms with van der Waals surface area (Å²) in [6, 6.07) is 9.33. The smallest absolute Gasteiger partial charge is 0.0184 e. The second-order valence-electron chi connectivity index (χ2n) is 8.06. The van der Waals surface area contributed by atoms with Crippen molar-refractivity contribution in [1.29, 1.82) is 0 Å². The first-order valence-electron chi connectivity index (χ1n) is 8.54. The fourth-order valence-electron chi connectivity index (χ4n) is 3.91. The summed E-state index contributed by atoms with van der Waals surface area (Å²) in [7, 11) is 0. The molecule has 0 bridgehead atoms. The molecule has 0 nitrogen and oxygen atoms in total. The van der Waals surface area contributed by atoms with Crippen LogP contribution < -0.4 is 0 Å². The van der Waals surface area contributed by atoms with Crippen molar-refractivity contribution in [1.82, 2.24) is 0 Å². The molecule has 1 aliphatic carbocycles. The number of halogens is 1. The summed E-state index contributed by atoms with van der Waals surface area (Å²) in [5.74, 6) is 2.33. The van der Waals surface area contributed by atoms with Gasteiger partial charge in [0.15, 0.2) is 0 Å².